The molecule has 2 aromatic carbocycles. The van der Waals surface area contributed by atoms with Gasteiger partial charge in [0.1, 0.15) is 11.5 Å². The van der Waals surface area contributed by atoms with Gasteiger partial charge in [0.05, 0.1) is 24.3 Å². The lowest BCUT2D eigenvalue weighted by atomic mass is 9.95. The molecule has 1 amide bonds. The highest BCUT2D eigenvalue weighted by Crippen LogP contribution is 2.40. The van der Waals surface area contributed by atoms with Crippen molar-refractivity contribution in [1.82, 2.24) is 4.90 Å². The molecular formula is C27H32N2O5. The number of likely N-dealkylation sites (tertiary alicyclic amines) is 1. The minimum atomic E-state index is -0.684. The van der Waals surface area contributed by atoms with Crippen molar-refractivity contribution in [3.63, 3.8) is 0 Å². The highest BCUT2D eigenvalue weighted by Gasteiger charge is 2.47. The van der Waals surface area contributed by atoms with Gasteiger partial charge < -0.3 is 24.4 Å². The van der Waals surface area contributed by atoms with Crippen molar-refractivity contribution < 1.29 is 24.2 Å². The summed E-state index contributed by atoms with van der Waals surface area (Å²) in [5, 5.41) is 11.2. The normalized spacial score (nSPS) is 21.8. The van der Waals surface area contributed by atoms with E-state index in [4.69, 9.17) is 9.47 Å². The summed E-state index contributed by atoms with van der Waals surface area (Å²) in [5.74, 6) is -0.782. The van der Waals surface area contributed by atoms with Crippen molar-refractivity contribution in [2.24, 2.45) is 0 Å². The number of ketones is 1. The Labute approximate surface area is 200 Å². The third kappa shape index (κ3) is 4.80. The molecule has 0 aromatic heterocycles. The van der Waals surface area contributed by atoms with E-state index in [1.807, 2.05) is 50.2 Å². The molecule has 2 fully saturated rings. The minimum Gasteiger partial charge on any atom is -0.507 e. The molecule has 2 unspecified atom stereocenters. The van der Waals surface area contributed by atoms with Gasteiger partial charge in [0.25, 0.3) is 11.7 Å². The third-order valence-corrected chi connectivity index (χ3v) is 6.29. The van der Waals surface area contributed by atoms with Crippen molar-refractivity contribution in [3.05, 3.63) is 65.2 Å². The van der Waals surface area contributed by atoms with E-state index >= 15 is 0 Å². The fraction of sp³-hybridized carbons (Fsp3) is 0.407. The smallest absolute Gasteiger partial charge is 0.295 e. The molecule has 2 aliphatic heterocycles. The summed E-state index contributed by atoms with van der Waals surface area (Å²) in [6.07, 6.45) is 2.55. The van der Waals surface area contributed by atoms with Gasteiger partial charge in [-0.25, -0.2) is 0 Å². The van der Waals surface area contributed by atoms with Crippen LogP contribution in [0.3, 0.4) is 0 Å². The Hall–Kier alpha value is -3.32. The van der Waals surface area contributed by atoms with E-state index in [1.165, 1.54) is 0 Å². The largest absolute Gasteiger partial charge is 0.507 e. The first-order valence-electron chi connectivity index (χ1n) is 11.8. The summed E-state index contributed by atoms with van der Waals surface area (Å²) in [6.45, 7) is 3.60. The lowest BCUT2D eigenvalue weighted by Gasteiger charge is -2.28. The van der Waals surface area contributed by atoms with E-state index in [1.54, 1.807) is 29.2 Å². The monoisotopic (exact) mass is 464 g/mol. The fourth-order valence-corrected chi connectivity index (χ4v) is 4.46. The van der Waals surface area contributed by atoms with Gasteiger partial charge in [-0.3, -0.25) is 9.59 Å². The topological polar surface area (TPSA) is 79.3 Å². The zero-order valence-corrected chi connectivity index (χ0v) is 20.0. The van der Waals surface area contributed by atoms with E-state index in [-0.39, 0.29) is 17.4 Å². The molecule has 34 heavy (non-hydrogen) atoms. The molecule has 0 aliphatic carbocycles. The van der Waals surface area contributed by atoms with Gasteiger partial charge in [-0.2, -0.15) is 0 Å². The highest BCUT2D eigenvalue weighted by molar-refractivity contribution is 6.46. The maximum absolute atomic E-state index is 13.2. The molecule has 2 atom stereocenters. The summed E-state index contributed by atoms with van der Waals surface area (Å²) in [4.78, 5) is 29.8. The summed E-state index contributed by atoms with van der Waals surface area (Å²) < 4.78 is 11.4. The molecule has 2 aliphatic rings. The Morgan fingerprint density at radius 3 is 2.41 bits per heavy atom. The number of ether oxygens (including phenoxy) is 2. The zero-order valence-electron chi connectivity index (χ0n) is 20.0. The van der Waals surface area contributed by atoms with Gasteiger partial charge in [0.15, 0.2) is 0 Å². The van der Waals surface area contributed by atoms with Crippen LogP contribution in [0.2, 0.25) is 0 Å². The second kappa shape index (κ2) is 10.3. The summed E-state index contributed by atoms with van der Waals surface area (Å²) in [7, 11) is 3.90. The zero-order chi connectivity index (χ0) is 24.2. The molecule has 2 heterocycles. The van der Waals surface area contributed by atoms with E-state index in [9.17, 15) is 14.7 Å². The Kier molecular flexibility index (Phi) is 7.22. The molecule has 7 nitrogen and oxygen atoms in total. The van der Waals surface area contributed by atoms with Crippen molar-refractivity contribution in [2.45, 2.75) is 38.3 Å². The SMILES string of the molecule is CCCOc1ccc(/C(O)=C2/C(=O)C(=O)N(CC3CCCO3)C2c2ccc(N(C)C)cc2)cc1. The van der Waals surface area contributed by atoms with Gasteiger partial charge in [-0.05, 0) is 61.2 Å². The lowest BCUT2D eigenvalue weighted by Crippen LogP contribution is -2.36. The molecule has 0 bridgehead atoms. The molecule has 0 radical (unpaired) electrons. The predicted octanol–water partition coefficient (Wildman–Crippen LogP) is 4.14. The summed E-state index contributed by atoms with van der Waals surface area (Å²) in [5.41, 5.74) is 2.34. The van der Waals surface area contributed by atoms with Crippen LogP contribution in [-0.4, -0.2) is 61.7 Å². The van der Waals surface area contributed by atoms with Gasteiger partial charge in [-0.1, -0.05) is 19.1 Å². The Morgan fingerprint density at radius 1 is 1.12 bits per heavy atom. The van der Waals surface area contributed by atoms with E-state index in [0.717, 1.165) is 30.5 Å². The quantitative estimate of drug-likeness (QED) is 0.359. The number of aliphatic hydroxyl groups excluding tert-OH is 1. The van der Waals surface area contributed by atoms with E-state index < -0.39 is 17.7 Å². The van der Waals surface area contributed by atoms with Crippen LogP contribution >= 0.6 is 0 Å². The number of Topliss-reactive ketones (excluding diaryl/α,β-unsaturated/α-hetero) is 1. The first-order chi connectivity index (χ1) is 16.4. The second-order valence-electron chi connectivity index (χ2n) is 8.95. The van der Waals surface area contributed by atoms with Gasteiger partial charge in [-0.15, -0.1) is 0 Å². The molecule has 4 rings (SSSR count). The summed E-state index contributed by atoms with van der Waals surface area (Å²) >= 11 is 0. The summed E-state index contributed by atoms with van der Waals surface area (Å²) in [6, 6.07) is 14.0. The van der Waals surface area contributed by atoms with Crippen LogP contribution in [0.25, 0.3) is 5.76 Å². The molecule has 1 N–H and O–H groups in total. The number of hydrogen-bond acceptors (Lipinski definition) is 6. The van der Waals surface area contributed by atoms with Crippen LogP contribution in [0.4, 0.5) is 5.69 Å². The van der Waals surface area contributed by atoms with Crippen molar-refractivity contribution >= 4 is 23.1 Å². The van der Waals surface area contributed by atoms with Gasteiger partial charge >= 0.3 is 0 Å². The predicted molar refractivity (Wildman–Crippen MR) is 131 cm³/mol. The standard InChI is InChI=1S/C27H32N2O5/c1-4-15-33-21-13-9-19(10-14-21)25(30)23-24(18-7-11-20(12-8-18)28(2)3)29(27(32)26(23)31)17-22-6-5-16-34-22/h7-14,22,24,30H,4-6,15-17H2,1-3H3/b25-23-. The maximum atomic E-state index is 13.2. The number of aliphatic hydroxyl groups is 1. The molecule has 7 heteroatoms. The average Bonchev–Trinajstić information content (AvgIpc) is 3.45. The molecule has 180 valence electrons. The highest BCUT2D eigenvalue weighted by atomic mass is 16.5. The van der Waals surface area contributed by atoms with Crippen LogP contribution in [0.15, 0.2) is 54.1 Å². The van der Waals surface area contributed by atoms with Gasteiger partial charge in [0, 0.05) is 38.5 Å². The lowest BCUT2D eigenvalue weighted by molar-refractivity contribution is -0.140. The first-order valence-corrected chi connectivity index (χ1v) is 11.8. The van der Waals surface area contributed by atoms with E-state index in [2.05, 4.69) is 0 Å². The second-order valence-corrected chi connectivity index (χ2v) is 8.95. The molecule has 2 aromatic rings. The molecule has 2 saturated heterocycles. The molecule has 0 spiro atoms. The van der Waals surface area contributed by atoms with Gasteiger partial charge in [0.2, 0.25) is 0 Å². The minimum absolute atomic E-state index is 0.0998. The van der Waals surface area contributed by atoms with Crippen LogP contribution in [-0.2, 0) is 14.3 Å². The van der Waals surface area contributed by atoms with Crippen molar-refractivity contribution in [2.75, 3.05) is 38.8 Å². The van der Waals surface area contributed by atoms with Crippen LogP contribution in [0, 0.1) is 0 Å². The van der Waals surface area contributed by atoms with Crippen molar-refractivity contribution in [1.29, 1.82) is 0 Å². The number of anilines is 1. The molecular weight excluding hydrogens is 432 g/mol. The molecule has 0 saturated carbocycles. The third-order valence-electron chi connectivity index (χ3n) is 6.29. The number of nitrogens with zero attached hydrogens (tertiary/aromatic N) is 2. The number of amides is 1. The van der Waals surface area contributed by atoms with Crippen LogP contribution in [0.1, 0.15) is 43.4 Å². The number of hydrogen-bond donors (Lipinski definition) is 1. The van der Waals surface area contributed by atoms with E-state index in [0.29, 0.717) is 31.1 Å². The maximum Gasteiger partial charge on any atom is 0.295 e. The van der Waals surface area contributed by atoms with Crippen LogP contribution < -0.4 is 9.64 Å². The van der Waals surface area contributed by atoms with Crippen molar-refractivity contribution in [3.8, 4) is 5.75 Å². The Bertz CT molecular complexity index is 1050. The first kappa shape index (κ1) is 23.8. The van der Waals surface area contributed by atoms with Crippen LogP contribution in [0.5, 0.6) is 5.75 Å². The number of carbonyl (C=O) groups excluding carboxylic acids is 2. The number of benzene rings is 2. The Balaban J connectivity index is 1.74. The Morgan fingerprint density at radius 2 is 1.82 bits per heavy atom. The number of rotatable bonds is 8. The fourth-order valence-electron chi connectivity index (χ4n) is 4.46. The average molecular weight is 465 g/mol. The number of carbonyl (C=O) groups is 2.